The molecular formula is C19H26F3N3O5. The van der Waals surface area contributed by atoms with Crippen LogP contribution in [0.15, 0.2) is 10.7 Å². The highest BCUT2D eigenvalue weighted by molar-refractivity contribution is 5.94. The summed E-state index contributed by atoms with van der Waals surface area (Å²) in [5.41, 5.74) is 1.09. The number of aliphatic carboxylic acids is 1. The normalized spacial score (nSPS) is 22.2. The van der Waals surface area contributed by atoms with Crippen LogP contribution in [0.1, 0.15) is 41.8 Å². The van der Waals surface area contributed by atoms with Crippen molar-refractivity contribution < 1.29 is 37.1 Å². The standard InChI is InChI=1S/C17H25N3O3.C2HF3O2/c1-13-15(12-18-23-13)16(21)20-4-2-17(3-5-20)10-14(11-17)19-6-8-22-9-7-19;3-2(4,5)1(6)7/h12,14H,2-11H2,1H3;(H,6,7). The van der Waals surface area contributed by atoms with E-state index in [9.17, 15) is 18.0 Å². The van der Waals surface area contributed by atoms with Crippen LogP contribution in [0.25, 0.3) is 0 Å². The molecule has 0 aromatic carbocycles. The lowest BCUT2D eigenvalue weighted by Gasteiger charge is -2.55. The average molecular weight is 433 g/mol. The minimum Gasteiger partial charge on any atom is -0.475 e. The third kappa shape index (κ3) is 5.12. The first-order chi connectivity index (χ1) is 14.1. The lowest BCUT2D eigenvalue weighted by molar-refractivity contribution is -0.192. The zero-order valence-electron chi connectivity index (χ0n) is 16.8. The predicted molar refractivity (Wildman–Crippen MR) is 97.9 cm³/mol. The van der Waals surface area contributed by atoms with Gasteiger partial charge < -0.3 is 19.3 Å². The van der Waals surface area contributed by atoms with Crippen LogP contribution >= 0.6 is 0 Å². The van der Waals surface area contributed by atoms with E-state index in [1.165, 1.54) is 12.8 Å². The fourth-order valence-electron chi connectivity index (χ4n) is 4.41. The number of carboxylic acid groups (broad SMARTS) is 1. The summed E-state index contributed by atoms with van der Waals surface area (Å²) in [6, 6.07) is 0.737. The van der Waals surface area contributed by atoms with Crippen molar-refractivity contribution in [2.45, 2.75) is 44.8 Å². The van der Waals surface area contributed by atoms with Gasteiger partial charge in [-0.15, -0.1) is 0 Å². The van der Waals surface area contributed by atoms with Crippen molar-refractivity contribution in [2.24, 2.45) is 5.41 Å². The molecule has 2 aliphatic heterocycles. The van der Waals surface area contributed by atoms with E-state index in [1.54, 1.807) is 13.1 Å². The summed E-state index contributed by atoms with van der Waals surface area (Å²) in [4.78, 5) is 26.0. The molecule has 3 fully saturated rings. The van der Waals surface area contributed by atoms with Crippen molar-refractivity contribution in [3.05, 3.63) is 17.5 Å². The molecule has 0 radical (unpaired) electrons. The monoisotopic (exact) mass is 433 g/mol. The molecule has 168 valence electrons. The van der Waals surface area contributed by atoms with Crippen LogP contribution < -0.4 is 0 Å². The van der Waals surface area contributed by atoms with E-state index in [0.717, 1.165) is 58.3 Å². The number of halogens is 3. The molecule has 1 aromatic heterocycles. The zero-order valence-corrected chi connectivity index (χ0v) is 16.8. The maximum Gasteiger partial charge on any atom is 0.490 e. The average Bonchev–Trinajstić information content (AvgIpc) is 3.12. The third-order valence-corrected chi connectivity index (χ3v) is 6.23. The Labute approximate surface area is 171 Å². The van der Waals surface area contributed by atoms with E-state index in [2.05, 4.69) is 10.1 Å². The van der Waals surface area contributed by atoms with Gasteiger partial charge in [0.1, 0.15) is 11.3 Å². The minimum atomic E-state index is -5.08. The first kappa shape index (κ1) is 22.5. The number of nitrogens with zero attached hydrogens (tertiary/aromatic N) is 3. The number of hydrogen-bond acceptors (Lipinski definition) is 6. The summed E-state index contributed by atoms with van der Waals surface area (Å²) in [5, 5.41) is 10.8. The minimum absolute atomic E-state index is 0.0719. The lowest BCUT2D eigenvalue weighted by Crippen LogP contribution is -2.57. The molecule has 4 rings (SSSR count). The van der Waals surface area contributed by atoms with Crippen LogP contribution in [-0.4, -0.2) is 83.6 Å². The molecule has 11 heteroatoms. The molecule has 8 nitrogen and oxygen atoms in total. The molecule has 0 atom stereocenters. The highest BCUT2D eigenvalue weighted by Gasteiger charge is 2.48. The molecular weight excluding hydrogens is 407 g/mol. The van der Waals surface area contributed by atoms with Gasteiger partial charge in [-0.3, -0.25) is 9.69 Å². The second-order valence-corrected chi connectivity index (χ2v) is 8.10. The summed E-state index contributed by atoms with van der Waals surface area (Å²) in [7, 11) is 0. The van der Waals surface area contributed by atoms with Crippen LogP contribution in [0.4, 0.5) is 13.2 Å². The number of aryl methyl sites for hydroxylation is 1. The van der Waals surface area contributed by atoms with Gasteiger partial charge in [-0.2, -0.15) is 13.2 Å². The van der Waals surface area contributed by atoms with Gasteiger partial charge in [-0.05, 0) is 38.0 Å². The molecule has 3 aliphatic rings. The van der Waals surface area contributed by atoms with Crippen LogP contribution in [0.2, 0.25) is 0 Å². The Kier molecular flexibility index (Phi) is 6.71. The van der Waals surface area contributed by atoms with Crippen LogP contribution in [-0.2, 0) is 9.53 Å². The van der Waals surface area contributed by atoms with Gasteiger partial charge in [-0.25, -0.2) is 4.79 Å². The van der Waals surface area contributed by atoms with Crippen molar-refractivity contribution in [3.63, 3.8) is 0 Å². The third-order valence-electron chi connectivity index (χ3n) is 6.23. The van der Waals surface area contributed by atoms with Crippen molar-refractivity contribution in [1.82, 2.24) is 15.0 Å². The molecule has 1 aromatic rings. The number of carbonyl (C=O) groups is 2. The van der Waals surface area contributed by atoms with E-state index in [1.807, 2.05) is 4.90 Å². The number of alkyl halides is 3. The topological polar surface area (TPSA) is 96.1 Å². The molecule has 2 saturated heterocycles. The van der Waals surface area contributed by atoms with Crippen LogP contribution in [0.5, 0.6) is 0 Å². The predicted octanol–water partition coefficient (Wildman–Crippen LogP) is 2.33. The summed E-state index contributed by atoms with van der Waals surface area (Å²) < 4.78 is 42.2. The van der Waals surface area contributed by atoms with Crippen LogP contribution in [0, 0.1) is 12.3 Å². The number of likely N-dealkylation sites (tertiary alicyclic amines) is 1. The number of morpholine rings is 1. The Bertz CT molecular complexity index is 745. The molecule has 30 heavy (non-hydrogen) atoms. The van der Waals surface area contributed by atoms with Gasteiger partial charge >= 0.3 is 12.1 Å². The van der Waals surface area contributed by atoms with E-state index < -0.39 is 12.1 Å². The van der Waals surface area contributed by atoms with Gasteiger partial charge in [0.15, 0.2) is 0 Å². The summed E-state index contributed by atoms with van der Waals surface area (Å²) in [5.74, 6) is -2.07. The maximum absolute atomic E-state index is 12.5. The number of piperidine rings is 1. The first-order valence-electron chi connectivity index (χ1n) is 9.94. The van der Waals surface area contributed by atoms with Gasteiger partial charge in [-0.1, -0.05) is 5.16 Å². The summed E-state index contributed by atoms with van der Waals surface area (Å²) >= 11 is 0. The number of carbonyl (C=O) groups excluding carboxylic acids is 1. The summed E-state index contributed by atoms with van der Waals surface area (Å²) in [6.07, 6.45) is 1.30. The SMILES string of the molecule is Cc1oncc1C(=O)N1CCC2(CC1)CC(N1CCOCC1)C2.O=C(O)C(F)(F)F. The quantitative estimate of drug-likeness (QED) is 0.765. The van der Waals surface area contributed by atoms with Gasteiger partial charge in [0.2, 0.25) is 0 Å². The number of aromatic nitrogens is 1. The number of ether oxygens (including phenoxy) is 1. The first-order valence-corrected chi connectivity index (χ1v) is 9.94. The molecule has 1 N–H and O–H groups in total. The maximum atomic E-state index is 12.5. The van der Waals surface area contributed by atoms with E-state index >= 15 is 0 Å². The Morgan fingerprint density at radius 2 is 1.73 bits per heavy atom. The van der Waals surface area contributed by atoms with Gasteiger partial charge in [0, 0.05) is 32.2 Å². The van der Waals surface area contributed by atoms with E-state index in [0.29, 0.717) is 16.7 Å². The Morgan fingerprint density at radius 3 is 2.20 bits per heavy atom. The molecule has 0 unspecified atom stereocenters. The van der Waals surface area contributed by atoms with E-state index in [4.69, 9.17) is 19.2 Å². The van der Waals surface area contributed by atoms with Crippen molar-refractivity contribution >= 4 is 11.9 Å². The van der Waals surface area contributed by atoms with Crippen molar-refractivity contribution in [2.75, 3.05) is 39.4 Å². The number of carboxylic acids is 1. The Balaban J connectivity index is 0.000000318. The number of rotatable bonds is 2. The Hall–Kier alpha value is -2.14. The number of amides is 1. The fourth-order valence-corrected chi connectivity index (χ4v) is 4.41. The zero-order chi connectivity index (χ0) is 21.9. The Morgan fingerprint density at radius 1 is 1.17 bits per heavy atom. The molecule has 1 spiro atoms. The largest absolute Gasteiger partial charge is 0.490 e. The fraction of sp³-hybridized carbons (Fsp3) is 0.737. The second kappa shape index (κ2) is 8.93. The van der Waals surface area contributed by atoms with Gasteiger partial charge in [0.05, 0.1) is 19.4 Å². The number of hydrogen-bond donors (Lipinski definition) is 1. The van der Waals surface area contributed by atoms with E-state index in [-0.39, 0.29) is 5.91 Å². The molecule has 1 aliphatic carbocycles. The highest BCUT2D eigenvalue weighted by Crippen LogP contribution is 2.51. The van der Waals surface area contributed by atoms with Crippen molar-refractivity contribution in [3.8, 4) is 0 Å². The molecule has 3 heterocycles. The molecule has 1 saturated carbocycles. The summed E-state index contributed by atoms with van der Waals surface area (Å²) in [6.45, 7) is 7.44. The highest BCUT2D eigenvalue weighted by atomic mass is 19.4. The smallest absolute Gasteiger partial charge is 0.475 e. The van der Waals surface area contributed by atoms with Gasteiger partial charge in [0.25, 0.3) is 5.91 Å². The molecule has 1 amide bonds. The second-order valence-electron chi connectivity index (χ2n) is 8.10. The lowest BCUT2D eigenvalue weighted by atomic mass is 9.60. The van der Waals surface area contributed by atoms with Crippen LogP contribution in [0.3, 0.4) is 0 Å². The van der Waals surface area contributed by atoms with Crippen molar-refractivity contribution in [1.29, 1.82) is 0 Å². The molecule has 0 bridgehead atoms.